The van der Waals surface area contributed by atoms with E-state index in [4.69, 9.17) is 0 Å². The number of hydrogen-bond acceptors (Lipinski definition) is 4. The summed E-state index contributed by atoms with van der Waals surface area (Å²) in [7, 11) is 0. The molecule has 0 aromatic carbocycles. The molecular formula is C11H20O4. The number of Topliss-reactive ketones (excluding diaryl/α,β-unsaturated/α-hetero) is 1. The first kappa shape index (κ1) is 14.1. The van der Waals surface area contributed by atoms with Crippen LogP contribution in [0.5, 0.6) is 0 Å². The Morgan fingerprint density at radius 3 is 1.87 bits per heavy atom. The Morgan fingerprint density at radius 2 is 1.53 bits per heavy atom. The molecule has 0 saturated carbocycles. The number of carbonyl (C=O) groups excluding carboxylic acids is 2. The Kier molecular flexibility index (Phi) is 4.94. The summed E-state index contributed by atoms with van der Waals surface area (Å²) < 4.78 is 0. The molecule has 88 valence electrons. The predicted octanol–water partition coefficient (Wildman–Crippen LogP) is 2.12. The molecule has 0 bridgehead atoms. The molecule has 0 spiro atoms. The van der Waals surface area contributed by atoms with Gasteiger partial charge in [-0.15, -0.1) is 0 Å². The molecule has 0 saturated heterocycles. The highest BCUT2D eigenvalue weighted by Gasteiger charge is 2.32. The molecule has 4 nitrogen and oxygen atoms in total. The number of rotatable bonds is 4. The minimum atomic E-state index is -0.788. The molecule has 0 radical (unpaired) electrons. The Balaban J connectivity index is 4.27. The number of carbonyl (C=O) groups is 2. The maximum absolute atomic E-state index is 11.7. The van der Waals surface area contributed by atoms with Crippen molar-refractivity contribution in [1.29, 1.82) is 0 Å². The second-order valence-electron chi connectivity index (χ2n) is 4.88. The molecule has 0 aliphatic rings. The fourth-order valence-electron chi connectivity index (χ4n) is 0.972. The number of hydrogen-bond donors (Lipinski definition) is 0. The van der Waals surface area contributed by atoms with E-state index < -0.39 is 17.3 Å². The molecule has 15 heavy (non-hydrogen) atoms. The van der Waals surface area contributed by atoms with E-state index in [9.17, 15) is 9.59 Å². The van der Waals surface area contributed by atoms with E-state index in [1.165, 1.54) is 6.92 Å². The van der Waals surface area contributed by atoms with Gasteiger partial charge in [-0.25, -0.2) is 4.79 Å². The van der Waals surface area contributed by atoms with E-state index in [2.05, 4.69) is 9.78 Å². The van der Waals surface area contributed by atoms with Gasteiger partial charge in [0.25, 0.3) is 0 Å². The lowest BCUT2D eigenvalue weighted by molar-refractivity contribution is -0.293. The summed E-state index contributed by atoms with van der Waals surface area (Å²) in [5, 5.41) is 0. The van der Waals surface area contributed by atoms with Gasteiger partial charge in [0.1, 0.15) is 5.92 Å². The van der Waals surface area contributed by atoms with Crippen LogP contribution in [0.15, 0.2) is 0 Å². The SMILES string of the molecule is CC(C)OOC(=O)C(C)C(=O)C(C)(C)C. The average molecular weight is 216 g/mol. The summed E-state index contributed by atoms with van der Waals surface area (Å²) in [6.07, 6.45) is -0.203. The van der Waals surface area contributed by atoms with E-state index >= 15 is 0 Å². The summed E-state index contributed by atoms with van der Waals surface area (Å²) in [5.41, 5.74) is -0.545. The van der Waals surface area contributed by atoms with Crippen LogP contribution in [-0.4, -0.2) is 17.9 Å². The molecule has 4 heteroatoms. The van der Waals surface area contributed by atoms with Crippen LogP contribution in [0.2, 0.25) is 0 Å². The summed E-state index contributed by atoms with van der Waals surface area (Å²) in [4.78, 5) is 32.3. The highest BCUT2D eigenvalue weighted by molar-refractivity contribution is 6.00. The molecular weight excluding hydrogens is 196 g/mol. The fraction of sp³-hybridized carbons (Fsp3) is 0.818. The predicted molar refractivity (Wildman–Crippen MR) is 55.9 cm³/mol. The van der Waals surface area contributed by atoms with Crippen molar-refractivity contribution in [3.63, 3.8) is 0 Å². The Hall–Kier alpha value is -0.900. The molecule has 1 unspecified atom stereocenters. The average Bonchev–Trinajstić information content (AvgIpc) is 2.10. The lowest BCUT2D eigenvalue weighted by Gasteiger charge is -2.20. The van der Waals surface area contributed by atoms with Gasteiger partial charge in [0, 0.05) is 5.41 Å². The third-order valence-corrected chi connectivity index (χ3v) is 1.81. The second-order valence-corrected chi connectivity index (χ2v) is 4.88. The zero-order chi connectivity index (χ0) is 12.2. The summed E-state index contributed by atoms with van der Waals surface area (Å²) in [6.45, 7) is 10.3. The van der Waals surface area contributed by atoms with Crippen molar-refractivity contribution < 1.29 is 19.4 Å². The molecule has 0 amide bonds. The van der Waals surface area contributed by atoms with Gasteiger partial charge < -0.3 is 0 Å². The van der Waals surface area contributed by atoms with Crippen molar-refractivity contribution in [3.8, 4) is 0 Å². The molecule has 0 heterocycles. The second kappa shape index (κ2) is 5.26. The highest BCUT2D eigenvalue weighted by Crippen LogP contribution is 2.20. The minimum Gasteiger partial charge on any atom is -0.298 e. The van der Waals surface area contributed by atoms with E-state index in [0.29, 0.717) is 0 Å². The maximum Gasteiger partial charge on any atom is 0.352 e. The van der Waals surface area contributed by atoms with E-state index in [1.807, 2.05) is 0 Å². The van der Waals surface area contributed by atoms with Gasteiger partial charge in [-0.1, -0.05) is 20.8 Å². The van der Waals surface area contributed by atoms with Crippen LogP contribution in [0.4, 0.5) is 0 Å². The quantitative estimate of drug-likeness (QED) is 0.410. The Labute approximate surface area is 90.9 Å². The molecule has 0 aromatic rings. The fourth-order valence-corrected chi connectivity index (χ4v) is 0.972. The van der Waals surface area contributed by atoms with Gasteiger partial charge in [0.05, 0.1) is 6.10 Å². The monoisotopic (exact) mass is 216 g/mol. The molecule has 0 aromatic heterocycles. The first-order chi connectivity index (χ1) is 6.66. The van der Waals surface area contributed by atoms with E-state index in [-0.39, 0.29) is 11.9 Å². The molecule has 1 atom stereocenters. The van der Waals surface area contributed by atoms with Gasteiger partial charge in [-0.2, -0.15) is 4.89 Å². The van der Waals surface area contributed by atoms with Gasteiger partial charge in [-0.3, -0.25) is 9.68 Å². The highest BCUT2D eigenvalue weighted by atomic mass is 17.2. The lowest BCUT2D eigenvalue weighted by Crippen LogP contribution is -2.33. The topological polar surface area (TPSA) is 52.6 Å². The van der Waals surface area contributed by atoms with Crippen LogP contribution in [0.1, 0.15) is 41.5 Å². The molecule has 0 N–H and O–H groups in total. The van der Waals surface area contributed by atoms with E-state index in [0.717, 1.165) is 0 Å². The van der Waals surface area contributed by atoms with Crippen LogP contribution in [0.3, 0.4) is 0 Å². The van der Waals surface area contributed by atoms with Gasteiger partial charge in [0.2, 0.25) is 0 Å². The van der Waals surface area contributed by atoms with Crippen LogP contribution < -0.4 is 0 Å². The summed E-state index contributed by atoms with van der Waals surface area (Å²) in [6, 6.07) is 0. The summed E-state index contributed by atoms with van der Waals surface area (Å²) >= 11 is 0. The van der Waals surface area contributed by atoms with E-state index in [1.54, 1.807) is 34.6 Å². The summed E-state index contributed by atoms with van der Waals surface area (Å²) in [5.74, 6) is -1.58. The minimum absolute atomic E-state index is 0.153. The smallest absolute Gasteiger partial charge is 0.298 e. The molecule has 0 aliphatic heterocycles. The van der Waals surface area contributed by atoms with Crippen molar-refractivity contribution in [3.05, 3.63) is 0 Å². The van der Waals surface area contributed by atoms with Crippen molar-refractivity contribution in [2.24, 2.45) is 11.3 Å². The van der Waals surface area contributed by atoms with Crippen molar-refractivity contribution >= 4 is 11.8 Å². The molecule has 0 aliphatic carbocycles. The van der Waals surface area contributed by atoms with Crippen LogP contribution >= 0.6 is 0 Å². The normalized spacial score (nSPS) is 13.8. The first-order valence-corrected chi connectivity index (χ1v) is 5.07. The Bertz CT molecular complexity index is 237. The standard InChI is InChI=1S/C11H20O4/c1-7(2)14-15-10(13)8(3)9(12)11(4,5)6/h7-8H,1-6H3. The van der Waals surface area contributed by atoms with Crippen LogP contribution in [0.25, 0.3) is 0 Å². The van der Waals surface area contributed by atoms with Gasteiger partial charge >= 0.3 is 5.97 Å². The van der Waals surface area contributed by atoms with Crippen molar-refractivity contribution in [1.82, 2.24) is 0 Å². The van der Waals surface area contributed by atoms with Gasteiger partial charge in [0.15, 0.2) is 5.78 Å². The molecule has 0 fully saturated rings. The van der Waals surface area contributed by atoms with Crippen LogP contribution in [0, 0.1) is 11.3 Å². The number of ketones is 1. The molecule has 0 rings (SSSR count). The zero-order valence-electron chi connectivity index (χ0n) is 10.3. The van der Waals surface area contributed by atoms with Crippen molar-refractivity contribution in [2.45, 2.75) is 47.6 Å². The largest absolute Gasteiger partial charge is 0.352 e. The zero-order valence-corrected chi connectivity index (χ0v) is 10.3. The lowest BCUT2D eigenvalue weighted by atomic mass is 9.84. The maximum atomic E-state index is 11.7. The van der Waals surface area contributed by atoms with Crippen LogP contribution in [-0.2, 0) is 19.4 Å². The third kappa shape index (κ3) is 4.93. The first-order valence-electron chi connectivity index (χ1n) is 5.07. The van der Waals surface area contributed by atoms with Crippen molar-refractivity contribution in [2.75, 3.05) is 0 Å². The van der Waals surface area contributed by atoms with Gasteiger partial charge in [-0.05, 0) is 20.8 Å². The Morgan fingerprint density at radius 1 is 1.07 bits per heavy atom. The third-order valence-electron chi connectivity index (χ3n) is 1.81.